The number of aromatic nitrogens is 2. The SMILES string of the molecule is CC(O)(CO)CNc1ncc(F)cn1. The van der Waals surface area contributed by atoms with E-state index < -0.39 is 11.4 Å². The Labute approximate surface area is 80.6 Å². The van der Waals surface area contributed by atoms with Gasteiger partial charge >= 0.3 is 0 Å². The summed E-state index contributed by atoms with van der Waals surface area (Å²) in [7, 11) is 0. The minimum atomic E-state index is -1.24. The van der Waals surface area contributed by atoms with Gasteiger partial charge in [-0.05, 0) is 6.92 Å². The smallest absolute Gasteiger partial charge is 0.222 e. The molecule has 78 valence electrons. The van der Waals surface area contributed by atoms with Crippen molar-refractivity contribution in [3.05, 3.63) is 18.2 Å². The van der Waals surface area contributed by atoms with Crippen LogP contribution in [-0.2, 0) is 0 Å². The Bertz CT molecular complexity index is 289. The van der Waals surface area contributed by atoms with E-state index in [-0.39, 0.29) is 19.1 Å². The molecule has 1 atom stereocenters. The van der Waals surface area contributed by atoms with Crippen LogP contribution in [0.4, 0.5) is 10.3 Å². The van der Waals surface area contributed by atoms with Gasteiger partial charge in [-0.3, -0.25) is 0 Å². The van der Waals surface area contributed by atoms with Crippen LogP contribution in [0.3, 0.4) is 0 Å². The summed E-state index contributed by atoms with van der Waals surface area (Å²) in [5, 5.41) is 20.8. The summed E-state index contributed by atoms with van der Waals surface area (Å²) in [5.74, 6) is -0.315. The molecule has 0 aliphatic carbocycles. The lowest BCUT2D eigenvalue weighted by Gasteiger charge is -2.20. The van der Waals surface area contributed by atoms with Crippen molar-refractivity contribution < 1.29 is 14.6 Å². The highest BCUT2D eigenvalue weighted by Gasteiger charge is 2.18. The summed E-state index contributed by atoms with van der Waals surface area (Å²) in [6.45, 7) is 1.18. The Balaban J connectivity index is 2.50. The highest BCUT2D eigenvalue weighted by atomic mass is 19.1. The fourth-order valence-corrected chi connectivity index (χ4v) is 0.729. The first-order valence-electron chi connectivity index (χ1n) is 4.08. The molecule has 0 aromatic carbocycles. The summed E-state index contributed by atoms with van der Waals surface area (Å²) in [6, 6.07) is 0. The number of anilines is 1. The number of rotatable bonds is 4. The third kappa shape index (κ3) is 3.23. The van der Waals surface area contributed by atoms with E-state index in [1.807, 2.05) is 0 Å². The maximum absolute atomic E-state index is 12.4. The molecule has 1 rings (SSSR count). The van der Waals surface area contributed by atoms with Gasteiger partial charge in [-0.1, -0.05) is 0 Å². The van der Waals surface area contributed by atoms with Crippen molar-refractivity contribution in [3.63, 3.8) is 0 Å². The molecule has 0 amide bonds. The second-order valence-corrected chi connectivity index (χ2v) is 3.23. The first-order valence-corrected chi connectivity index (χ1v) is 4.08. The zero-order valence-corrected chi connectivity index (χ0v) is 7.74. The average Bonchev–Trinajstić information content (AvgIpc) is 2.17. The molecule has 0 bridgehead atoms. The normalized spacial score (nSPS) is 14.9. The van der Waals surface area contributed by atoms with Crippen LogP contribution in [-0.4, -0.2) is 38.9 Å². The van der Waals surface area contributed by atoms with Crippen molar-refractivity contribution in [2.24, 2.45) is 0 Å². The molecule has 0 saturated heterocycles. The summed E-state index contributed by atoms with van der Waals surface area (Å²) >= 11 is 0. The number of hydrogen-bond donors (Lipinski definition) is 3. The van der Waals surface area contributed by atoms with Crippen molar-refractivity contribution >= 4 is 5.95 Å². The van der Waals surface area contributed by atoms with E-state index in [1.54, 1.807) is 0 Å². The van der Waals surface area contributed by atoms with Gasteiger partial charge in [-0.2, -0.15) is 0 Å². The number of nitrogens with one attached hydrogen (secondary N) is 1. The second-order valence-electron chi connectivity index (χ2n) is 3.23. The molecule has 0 aliphatic heterocycles. The average molecular weight is 201 g/mol. The monoisotopic (exact) mass is 201 g/mol. The van der Waals surface area contributed by atoms with Crippen molar-refractivity contribution in [2.45, 2.75) is 12.5 Å². The molecule has 0 fully saturated rings. The molecule has 1 heterocycles. The van der Waals surface area contributed by atoms with Crippen molar-refractivity contribution in [2.75, 3.05) is 18.5 Å². The third-order valence-corrected chi connectivity index (χ3v) is 1.59. The number of nitrogens with zero attached hydrogens (tertiary/aromatic N) is 2. The zero-order valence-electron chi connectivity index (χ0n) is 7.74. The van der Waals surface area contributed by atoms with Crippen molar-refractivity contribution in [3.8, 4) is 0 Å². The Kier molecular flexibility index (Phi) is 3.32. The predicted octanol–water partition coefficient (Wildman–Crippen LogP) is -0.229. The Morgan fingerprint density at radius 1 is 1.50 bits per heavy atom. The Hall–Kier alpha value is -1.27. The van der Waals surface area contributed by atoms with Gasteiger partial charge in [0.1, 0.15) is 5.60 Å². The highest BCUT2D eigenvalue weighted by molar-refractivity contribution is 5.23. The molecule has 1 aromatic heterocycles. The Morgan fingerprint density at radius 3 is 2.57 bits per heavy atom. The van der Waals surface area contributed by atoms with E-state index in [4.69, 9.17) is 5.11 Å². The highest BCUT2D eigenvalue weighted by Crippen LogP contribution is 2.04. The minimum absolute atomic E-state index is 0.0924. The fraction of sp³-hybridized carbons (Fsp3) is 0.500. The molecule has 0 saturated carbocycles. The van der Waals surface area contributed by atoms with Crippen LogP contribution in [0.5, 0.6) is 0 Å². The van der Waals surface area contributed by atoms with Gasteiger partial charge in [0.25, 0.3) is 0 Å². The minimum Gasteiger partial charge on any atom is -0.393 e. The molecular weight excluding hydrogens is 189 g/mol. The van der Waals surface area contributed by atoms with Gasteiger partial charge in [0.05, 0.1) is 19.0 Å². The van der Waals surface area contributed by atoms with Gasteiger partial charge in [-0.15, -0.1) is 0 Å². The molecule has 0 spiro atoms. The van der Waals surface area contributed by atoms with E-state index in [0.29, 0.717) is 0 Å². The summed E-state index contributed by atoms with van der Waals surface area (Å²) < 4.78 is 12.4. The maximum Gasteiger partial charge on any atom is 0.222 e. The molecule has 1 aromatic rings. The number of hydrogen-bond acceptors (Lipinski definition) is 5. The second kappa shape index (κ2) is 4.30. The lowest BCUT2D eigenvalue weighted by Crippen LogP contribution is -2.37. The quantitative estimate of drug-likeness (QED) is 0.627. The lowest BCUT2D eigenvalue weighted by molar-refractivity contribution is 0.0131. The molecule has 14 heavy (non-hydrogen) atoms. The van der Waals surface area contributed by atoms with Crippen LogP contribution in [0.25, 0.3) is 0 Å². The molecule has 0 aliphatic rings. The third-order valence-electron chi connectivity index (χ3n) is 1.59. The predicted molar refractivity (Wildman–Crippen MR) is 48.2 cm³/mol. The fourth-order valence-electron chi connectivity index (χ4n) is 0.729. The largest absolute Gasteiger partial charge is 0.393 e. The van der Waals surface area contributed by atoms with Crippen LogP contribution in [0.2, 0.25) is 0 Å². The van der Waals surface area contributed by atoms with E-state index in [1.165, 1.54) is 6.92 Å². The van der Waals surface area contributed by atoms with E-state index >= 15 is 0 Å². The number of aliphatic hydroxyl groups excluding tert-OH is 1. The van der Waals surface area contributed by atoms with Gasteiger partial charge in [-0.25, -0.2) is 14.4 Å². The van der Waals surface area contributed by atoms with Crippen molar-refractivity contribution in [1.82, 2.24) is 9.97 Å². The van der Waals surface area contributed by atoms with Crippen LogP contribution in [0, 0.1) is 5.82 Å². The molecule has 6 heteroatoms. The zero-order chi connectivity index (χ0) is 10.6. The first-order chi connectivity index (χ1) is 6.53. The molecule has 5 nitrogen and oxygen atoms in total. The van der Waals surface area contributed by atoms with Crippen LogP contribution < -0.4 is 5.32 Å². The number of halogens is 1. The molecule has 3 N–H and O–H groups in total. The van der Waals surface area contributed by atoms with Crippen LogP contribution >= 0.6 is 0 Å². The summed E-state index contributed by atoms with van der Waals surface area (Å²) in [6.07, 6.45) is 2.03. The van der Waals surface area contributed by atoms with E-state index in [0.717, 1.165) is 12.4 Å². The topological polar surface area (TPSA) is 78.3 Å². The number of aliphatic hydroxyl groups is 2. The molecular formula is C8H12FN3O2. The van der Waals surface area contributed by atoms with Crippen LogP contribution in [0.1, 0.15) is 6.92 Å². The van der Waals surface area contributed by atoms with E-state index in [9.17, 15) is 9.50 Å². The van der Waals surface area contributed by atoms with Gasteiger partial charge in [0.2, 0.25) is 5.95 Å². The molecule has 0 radical (unpaired) electrons. The summed E-state index contributed by atoms with van der Waals surface area (Å²) in [4.78, 5) is 7.25. The van der Waals surface area contributed by atoms with Gasteiger partial charge in [0.15, 0.2) is 5.82 Å². The maximum atomic E-state index is 12.4. The standard InChI is InChI=1S/C8H12FN3O2/c1-8(14,5-13)4-12-7-10-2-6(9)3-11-7/h2-3,13-14H,4-5H2,1H3,(H,10,11,12). The molecule has 1 unspecified atom stereocenters. The first kappa shape index (κ1) is 10.8. The van der Waals surface area contributed by atoms with Gasteiger partial charge < -0.3 is 15.5 Å². The van der Waals surface area contributed by atoms with E-state index in [2.05, 4.69) is 15.3 Å². The lowest BCUT2D eigenvalue weighted by atomic mass is 10.1. The van der Waals surface area contributed by atoms with Gasteiger partial charge in [0, 0.05) is 6.54 Å². The van der Waals surface area contributed by atoms with Crippen molar-refractivity contribution in [1.29, 1.82) is 0 Å². The summed E-state index contributed by atoms with van der Waals surface area (Å²) in [5.41, 5.74) is -1.24. The van der Waals surface area contributed by atoms with Crippen LogP contribution in [0.15, 0.2) is 12.4 Å². The Morgan fingerprint density at radius 2 is 2.07 bits per heavy atom.